The summed E-state index contributed by atoms with van der Waals surface area (Å²) in [5.74, 6) is -0.590. The number of nitrogens with one attached hydrogen (secondary N) is 1. The maximum absolute atomic E-state index is 13.1. The number of hydrogen-bond donors (Lipinski definition) is 2. The van der Waals surface area contributed by atoms with Crippen LogP contribution < -0.4 is 21.5 Å². The molecule has 3 aromatic carbocycles. The van der Waals surface area contributed by atoms with Gasteiger partial charge in [0.2, 0.25) is 5.91 Å². The number of fused-ring (bicyclic) bond motifs is 1. The highest BCUT2D eigenvalue weighted by Crippen LogP contribution is 2.24. The minimum atomic E-state index is -0.590. The third-order valence-electron chi connectivity index (χ3n) is 9.52. The van der Waals surface area contributed by atoms with E-state index in [1.807, 2.05) is 18.2 Å². The lowest BCUT2D eigenvalue weighted by Crippen LogP contribution is -2.46. The van der Waals surface area contributed by atoms with Crippen molar-refractivity contribution in [3.05, 3.63) is 111 Å². The molecule has 46 heavy (non-hydrogen) atoms. The number of aromatic nitrogens is 1. The number of hydrogen-bond acceptors (Lipinski definition) is 7. The van der Waals surface area contributed by atoms with E-state index < -0.39 is 5.91 Å². The molecule has 242 valence electrons. The second kappa shape index (κ2) is 15.0. The Morgan fingerprint density at radius 3 is 2.33 bits per heavy atom. The zero-order valence-electron chi connectivity index (χ0n) is 26.9. The Kier molecular flexibility index (Phi) is 10.4. The van der Waals surface area contributed by atoms with Crippen LogP contribution in [0.3, 0.4) is 0 Å². The third-order valence-corrected chi connectivity index (χ3v) is 9.52. The molecule has 9 heteroatoms. The van der Waals surface area contributed by atoms with Crippen LogP contribution in [-0.4, -0.2) is 79.2 Å². The number of primary amides is 1. The summed E-state index contributed by atoms with van der Waals surface area (Å²) in [4.78, 5) is 32.7. The van der Waals surface area contributed by atoms with E-state index in [-0.39, 0.29) is 11.1 Å². The van der Waals surface area contributed by atoms with E-state index in [0.29, 0.717) is 24.6 Å². The van der Waals surface area contributed by atoms with Crippen molar-refractivity contribution in [1.29, 1.82) is 0 Å². The lowest BCUT2D eigenvalue weighted by atomic mass is 10.0. The van der Waals surface area contributed by atoms with Gasteiger partial charge >= 0.3 is 0 Å². The van der Waals surface area contributed by atoms with E-state index in [4.69, 9.17) is 10.5 Å². The number of pyridine rings is 1. The van der Waals surface area contributed by atoms with E-state index in [9.17, 15) is 9.59 Å². The maximum atomic E-state index is 13.1. The predicted molar refractivity (Wildman–Crippen MR) is 184 cm³/mol. The van der Waals surface area contributed by atoms with Gasteiger partial charge in [-0.15, -0.1) is 0 Å². The summed E-state index contributed by atoms with van der Waals surface area (Å²) < 4.78 is 7.07. The molecule has 0 unspecified atom stereocenters. The molecule has 2 fully saturated rings. The van der Waals surface area contributed by atoms with Crippen LogP contribution >= 0.6 is 0 Å². The minimum Gasteiger partial charge on any atom is -0.380 e. The van der Waals surface area contributed by atoms with Gasteiger partial charge in [-0.1, -0.05) is 60.7 Å². The Morgan fingerprint density at radius 1 is 0.848 bits per heavy atom. The van der Waals surface area contributed by atoms with Crippen LogP contribution in [0.15, 0.2) is 83.7 Å². The van der Waals surface area contributed by atoms with Crippen LogP contribution in [-0.2, 0) is 31.0 Å². The van der Waals surface area contributed by atoms with E-state index in [1.54, 1.807) is 11.7 Å². The highest BCUT2D eigenvalue weighted by Gasteiger charge is 2.22. The lowest BCUT2D eigenvalue weighted by molar-refractivity contribution is 0.100. The van der Waals surface area contributed by atoms with Gasteiger partial charge < -0.3 is 30.2 Å². The normalized spacial score (nSPS) is 16.7. The van der Waals surface area contributed by atoms with E-state index in [2.05, 4.69) is 74.6 Å². The quantitative estimate of drug-likeness (QED) is 0.248. The Bertz CT molecular complexity index is 1670. The van der Waals surface area contributed by atoms with Crippen molar-refractivity contribution in [2.24, 2.45) is 5.73 Å². The number of carbonyl (C=O) groups is 1. The molecule has 3 N–H and O–H groups in total. The van der Waals surface area contributed by atoms with Crippen molar-refractivity contribution in [2.75, 3.05) is 57.8 Å². The van der Waals surface area contributed by atoms with Crippen LogP contribution in [0.4, 0.5) is 5.69 Å². The molecular weight excluding hydrogens is 576 g/mol. The highest BCUT2D eigenvalue weighted by atomic mass is 16.5. The fraction of sp³-hybridized carbons (Fsp3) is 0.405. The first-order valence-electron chi connectivity index (χ1n) is 16.5. The molecule has 2 saturated heterocycles. The van der Waals surface area contributed by atoms with Crippen molar-refractivity contribution >= 4 is 22.5 Å². The van der Waals surface area contributed by atoms with Gasteiger partial charge in [-0.25, -0.2) is 0 Å². The van der Waals surface area contributed by atoms with Crippen LogP contribution in [0.5, 0.6) is 0 Å². The molecule has 3 heterocycles. The van der Waals surface area contributed by atoms with Gasteiger partial charge in [-0.2, -0.15) is 0 Å². The summed E-state index contributed by atoms with van der Waals surface area (Å²) >= 11 is 0. The molecule has 2 aliphatic heterocycles. The molecule has 0 spiro atoms. The maximum Gasteiger partial charge on any atom is 0.251 e. The zero-order chi connectivity index (χ0) is 31.9. The summed E-state index contributed by atoms with van der Waals surface area (Å²) in [6, 6.07) is 27.1. The number of carbonyl (C=O) groups excluding carboxylic acids is 1. The molecule has 0 bridgehead atoms. The smallest absolute Gasteiger partial charge is 0.251 e. The first-order valence-corrected chi connectivity index (χ1v) is 16.5. The third kappa shape index (κ3) is 7.67. The van der Waals surface area contributed by atoms with E-state index in [0.717, 1.165) is 82.8 Å². The average Bonchev–Trinajstić information content (AvgIpc) is 3.08. The molecule has 1 amide bonds. The Labute approximate surface area is 271 Å². The monoisotopic (exact) mass is 622 g/mol. The lowest BCUT2D eigenvalue weighted by Gasteiger charge is -2.37. The summed E-state index contributed by atoms with van der Waals surface area (Å²) in [7, 11) is 1.64. The SMILES string of the molecule is COCc1ccc2c(C(N)=O)cc(=O)n(CCN3CCC(NCc4ccccc4N4CCN(Cc5ccccc5)CC4)CC3)c2c1. The highest BCUT2D eigenvalue weighted by molar-refractivity contribution is 6.05. The van der Waals surface area contributed by atoms with Crippen molar-refractivity contribution in [1.82, 2.24) is 19.7 Å². The van der Waals surface area contributed by atoms with Crippen LogP contribution in [0.1, 0.15) is 39.9 Å². The second-order valence-corrected chi connectivity index (χ2v) is 12.6. The topological polar surface area (TPSA) is 96.1 Å². The average molecular weight is 623 g/mol. The number of methoxy groups -OCH3 is 1. The molecule has 0 saturated carbocycles. The molecule has 0 aliphatic carbocycles. The molecule has 0 atom stereocenters. The van der Waals surface area contributed by atoms with Gasteiger partial charge in [0, 0.05) is 82.6 Å². The Hall–Kier alpha value is -4.02. The summed E-state index contributed by atoms with van der Waals surface area (Å²) in [5.41, 5.74) is 11.4. The van der Waals surface area contributed by atoms with Crippen molar-refractivity contribution < 1.29 is 9.53 Å². The number of para-hydroxylation sites is 1. The summed E-state index contributed by atoms with van der Waals surface area (Å²) in [5, 5.41) is 4.55. The number of nitrogens with two attached hydrogens (primary N) is 1. The van der Waals surface area contributed by atoms with Crippen molar-refractivity contribution in [2.45, 2.75) is 45.1 Å². The van der Waals surface area contributed by atoms with E-state index in [1.165, 1.54) is 22.9 Å². The van der Waals surface area contributed by atoms with Gasteiger partial charge in [0.15, 0.2) is 0 Å². The van der Waals surface area contributed by atoms with Crippen LogP contribution in [0.2, 0.25) is 0 Å². The second-order valence-electron chi connectivity index (χ2n) is 12.6. The number of benzene rings is 3. The van der Waals surface area contributed by atoms with E-state index >= 15 is 0 Å². The number of likely N-dealkylation sites (tertiary alicyclic amines) is 1. The fourth-order valence-corrected chi connectivity index (χ4v) is 6.93. The van der Waals surface area contributed by atoms with Gasteiger partial charge in [-0.05, 0) is 54.8 Å². The first kappa shape index (κ1) is 31.9. The van der Waals surface area contributed by atoms with Crippen molar-refractivity contribution in [3.8, 4) is 0 Å². The fourth-order valence-electron chi connectivity index (χ4n) is 6.93. The number of piperidine rings is 1. The summed E-state index contributed by atoms with van der Waals surface area (Å²) in [6.45, 7) is 9.80. The first-order chi connectivity index (χ1) is 22.5. The molecule has 4 aromatic rings. The molecule has 0 radical (unpaired) electrons. The predicted octanol–water partition coefficient (Wildman–Crippen LogP) is 3.82. The van der Waals surface area contributed by atoms with Gasteiger partial charge in [0.1, 0.15) is 0 Å². The molecule has 6 rings (SSSR count). The molecule has 9 nitrogen and oxygen atoms in total. The molecule has 1 aromatic heterocycles. The van der Waals surface area contributed by atoms with Crippen molar-refractivity contribution in [3.63, 3.8) is 0 Å². The van der Waals surface area contributed by atoms with Gasteiger partial charge in [0.25, 0.3) is 5.56 Å². The standard InChI is InChI=1S/C37H46N6O3/c1-46-27-29-11-12-32-33(37(38)45)24-36(44)43(35(32)23-29)22-19-40-15-13-31(14-16-40)39-25-30-9-5-6-10-34(30)42-20-17-41(18-21-42)26-28-7-3-2-4-8-28/h2-12,23-24,31,39H,13-22,25-27H2,1H3,(H2,38,45). The minimum absolute atomic E-state index is 0.205. The number of rotatable bonds is 12. The van der Waals surface area contributed by atoms with Gasteiger partial charge in [0.05, 0.1) is 17.7 Å². The number of ether oxygens (including phenoxy) is 1. The largest absolute Gasteiger partial charge is 0.380 e. The van der Waals surface area contributed by atoms with Gasteiger partial charge in [-0.3, -0.25) is 14.5 Å². The Balaban J connectivity index is 1.01. The number of anilines is 1. The molecular formula is C37H46N6O3. The zero-order valence-corrected chi connectivity index (χ0v) is 26.9. The number of amides is 1. The number of piperazine rings is 1. The molecule has 2 aliphatic rings. The number of nitrogens with zero attached hydrogens (tertiary/aromatic N) is 4. The van der Waals surface area contributed by atoms with Crippen LogP contribution in [0.25, 0.3) is 10.9 Å². The van der Waals surface area contributed by atoms with Crippen LogP contribution in [0, 0.1) is 0 Å². The summed E-state index contributed by atoms with van der Waals surface area (Å²) in [6.07, 6.45) is 2.13. The Morgan fingerprint density at radius 2 is 1.59 bits per heavy atom.